The Hall–Kier alpha value is 0.332. The monoisotopic (exact) mass is 274 g/mol. The molecule has 2 heterocycles. The second-order valence-corrected chi connectivity index (χ2v) is 6.68. The van der Waals surface area contributed by atoms with Gasteiger partial charge >= 0.3 is 0 Å². The molecule has 5 nitrogen and oxygen atoms in total. The molecular formula is C12H23AlO5. The molecule has 0 unspecified atom stereocenters. The third-order valence-electron chi connectivity index (χ3n) is 3.35. The van der Waals surface area contributed by atoms with Crippen molar-refractivity contribution in [3.8, 4) is 0 Å². The first-order valence-corrected chi connectivity index (χ1v) is 8.01. The summed E-state index contributed by atoms with van der Waals surface area (Å²) in [6.07, 6.45) is -0.761. The van der Waals surface area contributed by atoms with E-state index in [1.807, 2.05) is 27.7 Å². The summed E-state index contributed by atoms with van der Waals surface area (Å²) < 4.78 is 23.4. The average molecular weight is 274 g/mol. The van der Waals surface area contributed by atoms with E-state index in [0.29, 0.717) is 0 Å². The van der Waals surface area contributed by atoms with Crippen LogP contribution in [-0.4, -0.2) is 64.0 Å². The van der Waals surface area contributed by atoms with Gasteiger partial charge in [0.1, 0.15) is 18.3 Å². The van der Waals surface area contributed by atoms with E-state index < -0.39 is 11.6 Å². The standard InChI is InChI=1S/C12H21O5.Al.2H/c1-7-9(16-11(2,3)14-7)10-8(6-13)15-12(4,5)17-10;;;/h7-10,13H,1,6H2,2-5H3;;;/t7-,8+,9+,10+;;;/m0.../s1. The lowest BCUT2D eigenvalue weighted by Crippen LogP contribution is -2.43. The van der Waals surface area contributed by atoms with E-state index >= 15 is 0 Å². The van der Waals surface area contributed by atoms with Crippen LogP contribution in [-0.2, 0) is 18.9 Å². The molecule has 0 bridgehead atoms. The van der Waals surface area contributed by atoms with Crippen molar-refractivity contribution < 1.29 is 24.1 Å². The van der Waals surface area contributed by atoms with Crippen LogP contribution in [0.25, 0.3) is 0 Å². The predicted molar refractivity (Wildman–Crippen MR) is 68.1 cm³/mol. The van der Waals surface area contributed by atoms with Gasteiger partial charge in [0.15, 0.2) is 11.6 Å². The van der Waals surface area contributed by atoms with Gasteiger partial charge < -0.3 is 24.1 Å². The smallest absolute Gasteiger partial charge is 0.216 e. The third-order valence-corrected chi connectivity index (χ3v) is 4.15. The summed E-state index contributed by atoms with van der Waals surface area (Å²) in [5.74, 6) is -1.26. The van der Waals surface area contributed by atoms with E-state index in [2.05, 4.69) is 0 Å². The Morgan fingerprint density at radius 1 is 0.889 bits per heavy atom. The summed E-state index contributed by atoms with van der Waals surface area (Å²) in [4.78, 5) is 0. The summed E-state index contributed by atoms with van der Waals surface area (Å²) in [7, 11) is 0. The predicted octanol–water partition coefficient (Wildman–Crippen LogP) is 0.0703. The van der Waals surface area contributed by atoms with E-state index in [4.69, 9.17) is 18.9 Å². The average Bonchev–Trinajstić information content (AvgIpc) is 2.74. The minimum absolute atomic E-state index is 0.0308. The molecule has 0 saturated carbocycles. The molecule has 18 heavy (non-hydrogen) atoms. The van der Waals surface area contributed by atoms with Gasteiger partial charge in [0.25, 0.3) is 0 Å². The highest BCUT2D eigenvalue weighted by molar-refractivity contribution is 6.08. The van der Waals surface area contributed by atoms with Gasteiger partial charge in [0, 0.05) is 0 Å². The number of hydrogen-bond acceptors (Lipinski definition) is 5. The maximum atomic E-state index is 9.43. The van der Waals surface area contributed by atoms with Crippen LogP contribution < -0.4 is 0 Å². The summed E-state index contributed by atoms with van der Waals surface area (Å²) in [5, 5.41) is 10.4. The molecule has 104 valence electrons. The molecule has 2 saturated heterocycles. The quantitative estimate of drug-likeness (QED) is 0.738. The fourth-order valence-corrected chi connectivity index (χ4v) is 3.37. The first kappa shape index (κ1) is 14.7. The summed E-state index contributed by atoms with van der Waals surface area (Å²) >= 11 is 1.04. The van der Waals surface area contributed by atoms with Crippen LogP contribution in [0.3, 0.4) is 0 Å². The highest BCUT2D eigenvalue weighted by Gasteiger charge is 2.52. The van der Waals surface area contributed by atoms with Gasteiger partial charge in [-0.3, -0.25) is 0 Å². The zero-order chi connectivity index (χ0) is 13.6. The topological polar surface area (TPSA) is 57.2 Å². The molecule has 0 aliphatic carbocycles. The zero-order valence-electron chi connectivity index (χ0n) is 11.8. The molecule has 2 aliphatic heterocycles. The van der Waals surface area contributed by atoms with Gasteiger partial charge in [-0.15, -0.1) is 0 Å². The lowest BCUT2D eigenvalue weighted by atomic mass is 10.0. The normalized spacial score (nSPS) is 42.3. The van der Waals surface area contributed by atoms with E-state index in [1.165, 1.54) is 0 Å². The Bertz CT molecular complexity index is 277. The summed E-state index contributed by atoms with van der Waals surface area (Å²) in [6.45, 7) is 7.46. The van der Waals surface area contributed by atoms with Gasteiger partial charge in [0.05, 0.1) is 12.7 Å². The molecule has 0 aromatic rings. The minimum atomic E-state index is -0.677. The number of aliphatic hydroxyl groups excluding tert-OH is 1. The highest BCUT2D eigenvalue weighted by Crippen LogP contribution is 2.38. The third kappa shape index (κ3) is 2.91. The first-order valence-electron chi connectivity index (χ1n) is 6.60. The Balaban J connectivity index is 2.15. The minimum Gasteiger partial charge on any atom is -0.394 e. The molecule has 6 heteroatoms. The van der Waals surface area contributed by atoms with Crippen LogP contribution in [0.1, 0.15) is 27.7 Å². The molecule has 0 amide bonds. The second-order valence-electron chi connectivity index (χ2n) is 5.87. The zero-order valence-corrected chi connectivity index (χ0v) is 13.8. The molecule has 2 rings (SSSR count). The lowest BCUT2D eigenvalue weighted by molar-refractivity contribution is -0.175. The molecule has 0 radical (unpaired) electrons. The van der Waals surface area contributed by atoms with Crippen molar-refractivity contribution in [1.82, 2.24) is 0 Å². The first-order chi connectivity index (χ1) is 8.28. The van der Waals surface area contributed by atoms with Gasteiger partial charge in [-0.1, -0.05) is 5.28 Å². The molecule has 0 aromatic heterocycles. The number of hydrogen-bond donors (Lipinski definition) is 1. The van der Waals surface area contributed by atoms with Crippen LogP contribution in [0, 0.1) is 0 Å². The van der Waals surface area contributed by atoms with Crippen molar-refractivity contribution in [2.75, 3.05) is 6.61 Å². The maximum Gasteiger partial charge on any atom is 0.216 e. The Morgan fingerprint density at radius 3 is 1.78 bits per heavy atom. The van der Waals surface area contributed by atoms with Crippen LogP contribution in [0.15, 0.2) is 0 Å². The van der Waals surface area contributed by atoms with Crippen molar-refractivity contribution in [1.29, 1.82) is 0 Å². The lowest BCUT2D eigenvalue weighted by Gasteiger charge is -2.25. The number of rotatable bonds is 3. The van der Waals surface area contributed by atoms with E-state index in [9.17, 15) is 5.11 Å². The van der Waals surface area contributed by atoms with Crippen LogP contribution in [0.2, 0.25) is 5.28 Å². The molecule has 0 aromatic carbocycles. The van der Waals surface area contributed by atoms with Crippen LogP contribution in [0.4, 0.5) is 0 Å². The number of aliphatic hydroxyl groups is 1. The van der Waals surface area contributed by atoms with Crippen molar-refractivity contribution in [3.63, 3.8) is 0 Å². The Morgan fingerprint density at radius 2 is 1.33 bits per heavy atom. The van der Waals surface area contributed by atoms with Gasteiger partial charge in [0.2, 0.25) is 16.3 Å². The van der Waals surface area contributed by atoms with Crippen molar-refractivity contribution in [2.45, 2.75) is 69.0 Å². The fraction of sp³-hybridized carbons (Fsp3) is 1.00. The highest BCUT2D eigenvalue weighted by atomic mass is 27.0. The van der Waals surface area contributed by atoms with Gasteiger partial charge in [-0.25, -0.2) is 0 Å². The van der Waals surface area contributed by atoms with Crippen molar-refractivity contribution >= 4 is 16.3 Å². The molecule has 2 aliphatic rings. The Kier molecular flexibility index (Phi) is 4.11. The number of ether oxygens (including phenoxy) is 4. The summed E-state index contributed by atoms with van der Waals surface area (Å²) in [5.41, 5.74) is 0. The largest absolute Gasteiger partial charge is 0.394 e. The van der Waals surface area contributed by atoms with Gasteiger partial charge in [-0.05, 0) is 27.7 Å². The molecule has 2 fully saturated rings. The van der Waals surface area contributed by atoms with Crippen molar-refractivity contribution in [2.24, 2.45) is 0 Å². The van der Waals surface area contributed by atoms with Crippen LogP contribution in [0.5, 0.6) is 0 Å². The molecule has 1 N–H and O–H groups in total. The second kappa shape index (κ2) is 5.03. The van der Waals surface area contributed by atoms with Crippen molar-refractivity contribution in [3.05, 3.63) is 0 Å². The molecule has 4 atom stereocenters. The van der Waals surface area contributed by atoms with Crippen LogP contribution >= 0.6 is 0 Å². The Labute approximate surface area is 116 Å². The maximum absolute atomic E-state index is 9.43. The van der Waals surface area contributed by atoms with E-state index in [-0.39, 0.29) is 31.0 Å². The molecule has 0 spiro atoms. The molecular weight excluding hydrogens is 251 g/mol. The van der Waals surface area contributed by atoms with E-state index in [1.54, 1.807) is 0 Å². The SMILES string of the molecule is CC1(C)O[C@@H]([C@@H]2OC(C)(C)O[C@@H]2CO)[C@H]([CH2][AlH2])O1. The summed E-state index contributed by atoms with van der Waals surface area (Å²) in [6, 6.07) is 0. The fourth-order valence-electron chi connectivity index (χ4n) is 2.74. The van der Waals surface area contributed by atoms with Gasteiger partial charge in [-0.2, -0.15) is 0 Å². The van der Waals surface area contributed by atoms with E-state index in [0.717, 1.165) is 21.6 Å².